The molecule has 19 heavy (non-hydrogen) atoms. The molecule has 1 saturated carbocycles. The van der Waals surface area contributed by atoms with Crippen molar-refractivity contribution in [1.82, 2.24) is 4.72 Å². The molecule has 1 aliphatic rings. The van der Waals surface area contributed by atoms with Gasteiger partial charge in [0.25, 0.3) is 0 Å². The summed E-state index contributed by atoms with van der Waals surface area (Å²) in [6.07, 6.45) is 5.12. The van der Waals surface area contributed by atoms with Crippen molar-refractivity contribution in [2.24, 2.45) is 5.73 Å². The first-order valence-electron chi connectivity index (χ1n) is 6.41. The van der Waals surface area contributed by atoms with Crippen LogP contribution in [0.15, 0.2) is 29.2 Å². The molecule has 3 N–H and O–H groups in total. The summed E-state index contributed by atoms with van der Waals surface area (Å²) in [6, 6.07) is 6.87. The molecule has 0 spiro atoms. The Balaban J connectivity index is 2.17. The van der Waals surface area contributed by atoms with Crippen LogP contribution in [0.25, 0.3) is 0 Å². The average Bonchev–Trinajstić information content (AvgIpc) is 2.85. The Labute approximate surface area is 119 Å². The molecule has 0 heterocycles. The van der Waals surface area contributed by atoms with Gasteiger partial charge in [0.05, 0.1) is 4.90 Å². The number of hydrogen-bond acceptors (Lipinski definition) is 4. The van der Waals surface area contributed by atoms with Crippen LogP contribution in [0.2, 0.25) is 0 Å². The van der Waals surface area contributed by atoms with Crippen molar-refractivity contribution in [3.05, 3.63) is 29.8 Å². The first-order chi connectivity index (χ1) is 9.06. The first kappa shape index (κ1) is 14.8. The quantitative estimate of drug-likeness (QED) is 0.868. The number of rotatable bonds is 5. The molecule has 0 radical (unpaired) electrons. The monoisotopic (exact) mass is 300 g/mol. The van der Waals surface area contributed by atoms with Gasteiger partial charge in [-0.2, -0.15) is 11.8 Å². The summed E-state index contributed by atoms with van der Waals surface area (Å²) in [5, 5.41) is 0.382. The van der Waals surface area contributed by atoms with Crippen LogP contribution in [0.1, 0.15) is 24.8 Å². The topological polar surface area (TPSA) is 72.2 Å². The van der Waals surface area contributed by atoms with E-state index < -0.39 is 10.0 Å². The molecule has 4 nitrogen and oxygen atoms in total. The van der Waals surface area contributed by atoms with Crippen LogP contribution >= 0.6 is 11.8 Å². The van der Waals surface area contributed by atoms with Crippen LogP contribution in [0.3, 0.4) is 0 Å². The highest BCUT2D eigenvalue weighted by Crippen LogP contribution is 2.29. The number of hydrogen-bond donors (Lipinski definition) is 2. The average molecular weight is 300 g/mol. The molecule has 2 rings (SSSR count). The number of nitrogens with two attached hydrogens (primary N) is 1. The van der Waals surface area contributed by atoms with Gasteiger partial charge in [-0.15, -0.1) is 0 Å². The van der Waals surface area contributed by atoms with Gasteiger partial charge in [0.1, 0.15) is 0 Å². The summed E-state index contributed by atoms with van der Waals surface area (Å²) in [5.74, 6) is 0. The highest BCUT2D eigenvalue weighted by atomic mass is 32.2. The summed E-state index contributed by atoms with van der Waals surface area (Å²) >= 11 is 1.74. The number of nitrogens with one attached hydrogen (secondary N) is 1. The van der Waals surface area contributed by atoms with Gasteiger partial charge in [-0.1, -0.05) is 18.6 Å². The minimum atomic E-state index is -3.44. The molecule has 2 unspecified atom stereocenters. The minimum Gasteiger partial charge on any atom is -0.326 e. The smallest absolute Gasteiger partial charge is 0.240 e. The molecular formula is C13H20N2O2S2. The van der Waals surface area contributed by atoms with Crippen LogP contribution in [-0.4, -0.2) is 26.0 Å². The van der Waals surface area contributed by atoms with Crippen molar-refractivity contribution >= 4 is 21.8 Å². The number of thioether (sulfide) groups is 1. The Hall–Kier alpha value is -0.560. The third kappa shape index (κ3) is 3.51. The molecule has 1 fully saturated rings. The van der Waals surface area contributed by atoms with Crippen LogP contribution in [0.4, 0.5) is 0 Å². The fourth-order valence-corrected chi connectivity index (χ4v) is 4.85. The largest absolute Gasteiger partial charge is 0.326 e. The zero-order chi connectivity index (χ0) is 13.9. The lowest BCUT2D eigenvalue weighted by atomic mass is 10.2. The second-order valence-corrected chi connectivity index (χ2v) is 7.58. The van der Waals surface area contributed by atoms with Gasteiger partial charge in [-0.05, 0) is 36.8 Å². The number of benzene rings is 1. The van der Waals surface area contributed by atoms with Gasteiger partial charge in [-0.3, -0.25) is 0 Å². The molecule has 0 aliphatic heterocycles. The highest BCUT2D eigenvalue weighted by Gasteiger charge is 2.30. The van der Waals surface area contributed by atoms with Gasteiger partial charge < -0.3 is 5.73 Å². The van der Waals surface area contributed by atoms with Crippen LogP contribution in [0.5, 0.6) is 0 Å². The maximum absolute atomic E-state index is 12.4. The molecule has 0 bridgehead atoms. The molecule has 0 saturated heterocycles. The molecule has 1 aromatic rings. The normalized spacial score (nSPS) is 23.7. The molecule has 0 amide bonds. The van der Waals surface area contributed by atoms with Crippen LogP contribution in [-0.2, 0) is 16.6 Å². The summed E-state index contributed by atoms with van der Waals surface area (Å²) in [5.41, 5.74) is 6.38. The van der Waals surface area contributed by atoms with E-state index in [2.05, 4.69) is 4.72 Å². The Morgan fingerprint density at radius 2 is 2.21 bits per heavy atom. The van der Waals surface area contributed by atoms with Crippen molar-refractivity contribution in [2.75, 3.05) is 6.26 Å². The van der Waals surface area contributed by atoms with E-state index in [1.807, 2.05) is 12.3 Å². The van der Waals surface area contributed by atoms with Crippen molar-refractivity contribution in [2.45, 2.75) is 42.0 Å². The van der Waals surface area contributed by atoms with Crippen molar-refractivity contribution in [3.8, 4) is 0 Å². The summed E-state index contributed by atoms with van der Waals surface area (Å²) in [6.45, 7) is 0.347. The molecule has 106 valence electrons. The zero-order valence-electron chi connectivity index (χ0n) is 11.0. The van der Waals surface area contributed by atoms with E-state index in [-0.39, 0.29) is 6.04 Å². The molecule has 1 aromatic carbocycles. The number of sulfonamides is 1. The Kier molecular flexibility index (Phi) is 4.89. The third-order valence-corrected chi connectivity index (χ3v) is 6.16. The first-order valence-corrected chi connectivity index (χ1v) is 9.18. The van der Waals surface area contributed by atoms with Gasteiger partial charge in [-0.25, -0.2) is 13.1 Å². The Morgan fingerprint density at radius 1 is 1.42 bits per heavy atom. The molecular weight excluding hydrogens is 280 g/mol. The van der Waals surface area contributed by atoms with E-state index in [0.29, 0.717) is 16.7 Å². The Morgan fingerprint density at radius 3 is 2.89 bits per heavy atom. The van der Waals surface area contributed by atoms with Crippen molar-refractivity contribution < 1.29 is 8.42 Å². The fourth-order valence-electron chi connectivity index (χ4n) is 2.45. The predicted molar refractivity (Wildman–Crippen MR) is 79.6 cm³/mol. The summed E-state index contributed by atoms with van der Waals surface area (Å²) < 4.78 is 27.5. The summed E-state index contributed by atoms with van der Waals surface area (Å²) in [4.78, 5) is 0.308. The van der Waals surface area contributed by atoms with E-state index in [4.69, 9.17) is 5.73 Å². The second-order valence-electron chi connectivity index (χ2n) is 4.78. The van der Waals surface area contributed by atoms with Crippen molar-refractivity contribution in [1.29, 1.82) is 0 Å². The van der Waals surface area contributed by atoms with Gasteiger partial charge in [0, 0.05) is 17.8 Å². The van der Waals surface area contributed by atoms with E-state index in [1.54, 1.807) is 30.0 Å². The van der Waals surface area contributed by atoms with E-state index in [1.165, 1.54) is 0 Å². The predicted octanol–water partition coefficient (Wildman–Crippen LogP) is 1.71. The van der Waals surface area contributed by atoms with E-state index in [0.717, 1.165) is 24.8 Å². The molecule has 2 atom stereocenters. The molecule has 6 heteroatoms. The zero-order valence-corrected chi connectivity index (χ0v) is 12.6. The lowest BCUT2D eigenvalue weighted by molar-refractivity contribution is 0.555. The lowest BCUT2D eigenvalue weighted by Crippen LogP contribution is -2.38. The Bertz CT molecular complexity index is 531. The van der Waals surface area contributed by atoms with E-state index in [9.17, 15) is 8.42 Å². The summed E-state index contributed by atoms with van der Waals surface area (Å²) in [7, 11) is -3.44. The van der Waals surface area contributed by atoms with Crippen LogP contribution < -0.4 is 10.5 Å². The fraction of sp³-hybridized carbons (Fsp3) is 0.538. The minimum absolute atomic E-state index is 0.0431. The van der Waals surface area contributed by atoms with E-state index >= 15 is 0 Å². The van der Waals surface area contributed by atoms with Crippen molar-refractivity contribution in [3.63, 3.8) is 0 Å². The third-order valence-electron chi connectivity index (χ3n) is 3.51. The maximum Gasteiger partial charge on any atom is 0.240 e. The molecule has 1 aliphatic carbocycles. The molecule has 0 aromatic heterocycles. The van der Waals surface area contributed by atoms with Gasteiger partial charge in [0.2, 0.25) is 10.0 Å². The van der Waals surface area contributed by atoms with Gasteiger partial charge in [0.15, 0.2) is 0 Å². The van der Waals surface area contributed by atoms with Crippen LogP contribution in [0, 0.1) is 0 Å². The highest BCUT2D eigenvalue weighted by molar-refractivity contribution is 7.99. The standard InChI is InChI=1S/C13H20N2O2S2/c1-18-13-7-3-6-12(13)15-19(16,17)11-5-2-4-10(8-11)9-14/h2,4-5,8,12-13,15H,3,6-7,9,14H2,1H3. The maximum atomic E-state index is 12.4. The SMILES string of the molecule is CSC1CCCC1NS(=O)(=O)c1cccc(CN)c1. The second kappa shape index (κ2) is 6.26. The van der Waals surface area contributed by atoms with Gasteiger partial charge >= 0.3 is 0 Å². The lowest BCUT2D eigenvalue weighted by Gasteiger charge is -2.19.